The minimum atomic E-state index is -0.873. The third-order valence-electron chi connectivity index (χ3n) is 2.18. The highest BCUT2D eigenvalue weighted by Crippen LogP contribution is 2.10. The Morgan fingerprint density at radius 2 is 1.29 bits per heavy atom. The zero-order chi connectivity index (χ0) is 12.1. The smallest absolute Gasteiger partial charge is 0.385 e. The second-order valence-electron chi connectivity index (χ2n) is 3.40. The van der Waals surface area contributed by atoms with Crippen molar-refractivity contribution in [1.29, 1.82) is 0 Å². The monoisotopic (exact) mass is 226 g/mol. The minimum absolute atomic E-state index is 0.327. The van der Waals surface area contributed by atoms with Crippen molar-refractivity contribution in [1.82, 2.24) is 0 Å². The van der Waals surface area contributed by atoms with Gasteiger partial charge in [0.05, 0.1) is 0 Å². The first-order chi connectivity index (χ1) is 8.27. The Hall–Kier alpha value is -2.42. The zero-order valence-electron chi connectivity index (χ0n) is 9.00. The molecule has 0 aliphatic heterocycles. The van der Waals surface area contributed by atoms with E-state index >= 15 is 0 Å². The van der Waals surface area contributed by atoms with E-state index < -0.39 is 11.8 Å². The molecule has 0 spiro atoms. The fourth-order valence-electron chi connectivity index (χ4n) is 1.35. The lowest BCUT2D eigenvalue weighted by molar-refractivity contribution is -0.129. The summed E-state index contributed by atoms with van der Waals surface area (Å²) < 4.78 is 4.94. The summed E-state index contributed by atoms with van der Waals surface area (Å²) in [6, 6.07) is 16.8. The van der Waals surface area contributed by atoms with Crippen LogP contribution in [0.5, 0.6) is 5.75 Å². The number of para-hydroxylation sites is 1. The summed E-state index contributed by atoms with van der Waals surface area (Å²) in [6.45, 7) is 0. The van der Waals surface area contributed by atoms with E-state index in [1.54, 1.807) is 60.7 Å². The van der Waals surface area contributed by atoms with Crippen LogP contribution in [0, 0.1) is 0 Å². The number of Topliss-reactive ketones (excluding diaryl/α,β-unsaturated/α-hetero) is 1. The maximum Gasteiger partial charge on any atom is 0.385 e. The molecule has 0 aliphatic rings. The van der Waals surface area contributed by atoms with Gasteiger partial charge in [0.2, 0.25) is 0 Å². The topological polar surface area (TPSA) is 43.4 Å². The fraction of sp³-hybridized carbons (Fsp3) is 0. The van der Waals surface area contributed by atoms with E-state index in [9.17, 15) is 9.59 Å². The lowest BCUT2D eigenvalue weighted by Gasteiger charge is -2.02. The van der Waals surface area contributed by atoms with Crippen LogP contribution >= 0.6 is 0 Å². The van der Waals surface area contributed by atoms with Gasteiger partial charge in [-0.15, -0.1) is 0 Å². The predicted octanol–water partition coefficient (Wildman–Crippen LogP) is 2.47. The molecule has 0 N–H and O–H groups in total. The Kier molecular flexibility index (Phi) is 3.31. The molecule has 0 unspecified atom stereocenters. The quantitative estimate of drug-likeness (QED) is 0.349. The van der Waals surface area contributed by atoms with Crippen LogP contribution < -0.4 is 4.74 Å². The third kappa shape index (κ3) is 2.78. The van der Waals surface area contributed by atoms with E-state index in [0.29, 0.717) is 11.3 Å². The van der Waals surface area contributed by atoms with Gasteiger partial charge in [0.25, 0.3) is 5.78 Å². The van der Waals surface area contributed by atoms with Crippen LogP contribution in [0.15, 0.2) is 60.7 Å². The van der Waals surface area contributed by atoms with Crippen molar-refractivity contribution in [3.05, 3.63) is 66.2 Å². The van der Waals surface area contributed by atoms with Crippen LogP contribution in [0.1, 0.15) is 10.4 Å². The van der Waals surface area contributed by atoms with E-state index in [4.69, 9.17) is 4.74 Å². The molecule has 3 nitrogen and oxygen atoms in total. The molecule has 0 saturated heterocycles. The largest absolute Gasteiger partial charge is 0.421 e. The van der Waals surface area contributed by atoms with Crippen molar-refractivity contribution in [3.8, 4) is 5.75 Å². The summed E-state index contributed by atoms with van der Waals surface area (Å²) in [5.74, 6) is -1.15. The van der Waals surface area contributed by atoms with Crippen molar-refractivity contribution >= 4 is 11.8 Å². The highest BCUT2D eigenvalue weighted by Gasteiger charge is 2.17. The molecule has 0 radical (unpaired) electrons. The Morgan fingerprint density at radius 1 is 0.765 bits per heavy atom. The van der Waals surface area contributed by atoms with Gasteiger partial charge in [0, 0.05) is 5.56 Å². The van der Waals surface area contributed by atoms with Crippen LogP contribution in [0.4, 0.5) is 0 Å². The molecule has 0 fully saturated rings. The number of hydrogen-bond acceptors (Lipinski definition) is 3. The average Bonchev–Trinajstić information content (AvgIpc) is 2.40. The number of carbonyl (C=O) groups is 2. The summed E-state index contributed by atoms with van der Waals surface area (Å²) in [4.78, 5) is 23.2. The lowest BCUT2D eigenvalue weighted by Crippen LogP contribution is -2.20. The first kappa shape index (κ1) is 11.1. The number of esters is 1. The van der Waals surface area contributed by atoms with Crippen LogP contribution in [-0.4, -0.2) is 11.8 Å². The van der Waals surface area contributed by atoms with Crippen molar-refractivity contribution < 1.29 is 14.3 Å². The minimum Gasteiger partial charge on any atom is -0.421 e. The highest BCUT2D eigenvalue weighted by molar-refractivity contribution is 6.41. The van der Waals surface area contributed by atoms with E-state index in [2.05, 4.69) is 0 Å². The van der Waals surface area contributed by atoms with E-state index in [1.807, 2.05) is 0 Å². The molecule has 0 aliphatic carbocycles. The SMILES string of the molecule is O=C(Oc1ccccc1)C(=O)c1ccccc1. The molecule has 0 heterocycles. The number of rotatable bonds is 3. The van der Waals surface area contributed by atoms with Gasteiger partial charge in [-0.1, -0.05) is 48.5 Å². The first-order valence-electron chi connectivity index (χ1n) is 5.14. The van der Waals surface area contributed by atoms with Crippen LogP contribution in [0.25, 0.3) is 0 Å². The molecule has 0 atom stereocenters. The molecule has 0 aromatic heterocycles. The molecule has 2 rings (SSSR count). The van der Waals surface area contributed by atoms with Gasteiger partial charge < -0.3 is 4.74 Å². The number of ketones is 1. The second-order valence-corrected chi connectivity index (χ2v) is 3.40. The normalized spacial score (nSPS) is 9.65. The van der Waals surface area contributed by atoms with E-state index in [0.717, 1.165) is 0 Å². The molecule has 3 heteroatoms. The van der Waals surface area contributed by atoms with Crippen LogP contribution in [0.3, 0.4) is 0 Å². The summed E-state index contributed by atoms with van der Waals surface area (Å²) in [5, 5.41) is 0. The Balaban J connectivity index is 2.09. The first-order valence-corrected chi connectivity index (χ1v) is 5.14. The summed E-state index contributed by atoms with van der Waals surface area (Å²) in [7, 11) is 0. The molecular weight excluding hydrogens is 216 g/mol. The maximum atomic E-state index is 11.7. The Morgan fingerprint density at radius 3 is 1.88 bits per heavy atom. The lowest BCUT2D eigenvalue weighted by atomic mass is 10.1. The van der Waals surface area contributed by atoms with Gasteiger partial charge in [0.1, 0.15) is 5.75 Å². The second kappa shape index (κ2) is 5.07. The molecule has 0 bridgehead atoms. The Labute approximate surface area is 98.7 Å². The van der Waals surface area contributed by atoms with E-state index in [1.165, 1.54) is 0 Å². The Bertz CT molecular complexity index is 518. The average molecular weight is 226 g/mol. The predicted molar refractivity (Wildman–Crippen MR) is 62.8 cm³/mol. The number of benzene rings is 2. The maximum absolute atomic E-state index is 11.7. The molecule has 2 aromatic rings. The van der Waals surface area contributed by atoms with Crippen LogP contribution in [-0.2, 0) is 4.79 Å². The summed E-state index contributed by atoms with van der Waals surface area (Å²) in [5.41, 5.74) is 0.327. The summed E-state index contributed by atoms with van der Waals surface area (Å²) in [6.07, 6.45) is 0. The molecular formula is C14H10O3. The standard InChI is InChI=1S/C14H10O3/c15-13(11-7-3-1-4-8-11)14(16)17-12-9-5-2-6-10-12/h1-10H. The number of hydrogen-bond donors (Lipinski definition) is 0. The molecule has 0 amide bonds. The number of ether oxygens (including phenoxy) is 1. The molecule has 2 aromatic carbocycles. The van der Waals surface area contributed by atoms with Crippen molar-refractivity contribution in [2.45, 2.75) is 0 Å². The zero-order valence-corrected chi connectivity index (χ0v) is 9.00. The van der Waals surface area contributed by atoms with Gasteiger partial charge in [-0.05, 0) is 12.1 Å². The van der Waals surface area contributed by atoms with Crippen LogP contribution in [0.2, 0.25) is 0 Å². The highest BCUT2D eigenvalue weighted by atomic mass is 16.5. The fourth-order valence-corrected chi connectivity index (χ4v) is 1.35. The number of carbonyl (C=O) groups excluding carboxylic acids is 2. The van der Waals surface area contributed by atoms with Gasteiger partial charge >= 0.3 is 5.97 Å². The van der Waals surface area contributed by atoms with Gasteiger partial charge in [-0.2, -0.15) is 0 Å². The molecule has 17 heavy (non-hydrogen) atoms. The molecule has 0 saturated carbocycles. The van der Waals surface area contributed by atoms with Crippen molar-refractivity contribution in [2.75, 3.05) is 0 Å². The van der Waals surface area contributed by atoms with Crippen molar-refractivity contribution in [3.63, 3.8) is 0 Å². The summed E-state index contributed by atoms with van der Waals surface area (Å²) >= 11 is 0. The van der Waals surface area contributed by atoms with Gasteiger partial charge in [-0.25, -0.2) is 4.79 Å². The third-order valence-corrected chi connectivity index (χ3v) is 2.18. The molecule has 84 valence electrons. The van der Waals surface area contributed by atoms with E-state index in [-0.39, 0.29) is 0 Å². The van der Waals surface area contributed by atoms with Gasteiger partial charge in [0.15, 0.2) is 0 Å². The van der Waals surface area contributed by atoms with Gasteiger partial charge in [-0.3, -0.25) is 4.79 Å². The van der Waals surface area contributed by atoms with Crippen molar-refractivity contribution in [2.24, 2.45) is 0 Å².